The highest BCUT2D eigenvalue weighted by Gasteiger charge is 2.06. The molecule has 1 aromatic carbocycles. The molecule has 3 aromatic rings. The average Bonchev–Trinajstić information content (AvgIpc) is 3.13. The Bertz CT molecular complexity index is 957. The molecule has 0 spiro atoms. The molecule has 0 saturated heterocycles. The molecule has 29 heavy (non-hydrogen) atoms. The van der Waals surface area contributed by atoms with E-state index in [1.54, 1.807) is 19.2 Å². The van der Waals surface area contributed by atoms with Crippen molar-refractivity contribution in [2.24, 2.45) is 4.99 Å². The molecule has 3 rings (SSSR count). The van der Waals surface area contributed by atoms with Crippen molar-refractivity contribution in [3.63, 3.8) is 0 Å². The summed E-state index contributed by atoms with van der Waals surface area (Å²) in [6.45, 7) is 1.31. The fraction of sp³-hybridized carbons (Fsp3) is 0.316. The number of guanidine groups is 1. The number of nitro groups is 1. The molecule has 0 aliphatic heterocycles. The molecule has 2 heterocycles. The lowest BCUT2D eigenvalue weighted by Crippen LogP contribution is -2.37. The maximum absolute atomic E-state index is 10.7. The number of unbranched alkanes of at least 4 members (excludes halogenated alkanes) is 1. The topological polar surface area (TPSA) is 110 Å². The third-order valence-electron chi connectivity index (χ3n) is 4.35. The van der Waals surface area contributed by atoms with Crippen LogP contribution in [0.15, 0.2) is 53.7 Å². The Labute approximate surface area is 185 Å². The minimum absolute atomic E-state index is 0. The summed E-state index contributed by atoms with van der Waals surface area (Å²) in [7, 11) is 1.73. The smallest absolute Gasteiger partial charge is 0.269 e. The van der Waals surface area contributed by atoms with Crippen molar-refractivity contribution >= 4 is 41.3 Å². The Hall–Kier alpha value is -2.76. The highest BCUT2D eigenvalue weighted by Crippen LogP contribution is 2.13. The molecular formula is C19H24IN7O2. The third kappa shape index (κ3) is 6.38. The number of aryl methyl sites for hydroxylation is 1. The number of benzene rings is 1. The van der Waals surface area contributed by atoms with E-state index >= 15 is 0 Å². The maximum Gasteiger partial charge on any atom is 0.269 e. The number of halogens is 1. The molecule has 0 fully saturated rings. The van der Waals surface area contributed by atoms with Crippen LogP contribution in [0.25, 0.3) is 5.65 Å². The molecule has 0 saturated carbocycles. The summed E-state index contributed by atoms with van der Waals surface area (Å²) >= 11 is 0. The summed E-state index contributed by atoms with van der Waals surface area (Å²) in [6, 6.07) is 12.5. The Balaban J connectivity index is 0.00000300. The van der Waals surface area contributed by atoms with E-state index in [2.05, 4.69) is 25.8 Å². The molecule has 154 valence electrons. The standard InChI is InChI=1S/C19H23N7O2.HI/c1-20-19(22-14-18-24-23-17-7-3-5-13-25(17)18)21-12-4-2-6-15-8-10-16(11-9-15)26(27)28;/h3,5,7-11,13H,2,4,6,12,14H2,1H3,(H2,20,21,22);1H. The first kappa shape index (κ1) is 22.5. The summed E-state index contributed by atoms with van der Waals surface area (Å²) in [5, 5.41) is 25.5. The van der Waals surface area contributed by atoms with Gasteiger partial charge in [0.2, 0.25) is 0 Å². The SMILES string of the molecule is CN=C(NCCCCc1ccc([N+](=O)[O-])cc1)NCc1nnc2ccccn12.I. The van der Waals surface area contributed by atoms with Gasteiger partial charge < -0.3 is 10.6 Å². The largest absolute Gasteiger partial charge is 0.356 e. The Morgan fingerprint density at radius 2 is 1.93 bits per heavy atom. The van der Waals surface area contributed by atoms with Crippen LogP contribution in [0.2, 0.25) is 0 Å². The molecule has 0 bridgehead atoms. The van der Waals surface area contributed by atoms with Gasteiger partial charge in [0.1, 0.15) is 0 Å². The molecule has 0 aliphatic carbocycles. The van der Waals surface area contributed by atoms with E-state index in [9.17, 15) is 10.1 Å². The van der Waals surface area contributed by atoms with Crippen LogP contribution in [0.1, 0.15) is 24.2 Å². The summed E-state index contributed by atoms with van der Waals surface area (Å²) in [6.07, 6.45) is 4.76. The summed E-state index contributed by atoms with van der Waals surface area (Å²) in [5.74, 6) is 1.53. The Morgan fingerprint density at radius 3 is 2.66 bits per heavy atom. The zero-order valence-corrected chi connectivity index (χ0v) is 18.4. The molecule has 2 N–H and O–H groups in total. The number of rotatable bonds is 8. The van der Waals surface area contributed by atoms with Gasteiger partial charge in [0, 0.05) is 31.9 Å². The van der Waals surface area contributed by atoms with Gasteiger partial charge in [-0.05, 0) is 37.0 Å². The maximum atomic E-state index is 10.7. The van der Waals surface area contributed by atoms with E-state index in [-0.39, 0.29) is 34.6 Å². The van der Waals surface area contributed by atoms with E-state index < -0.39 is 0 Å². The van der Waals surface area contributed by atoms with Crippen molar-refractivity contribution in [2.45, 2.75) is 25.8 Å². The predicted molar refractivity (Wildman–Crippen MR) is 123 cm³/mol. The number of aromatic nitrogens is 3. The number of hydrogen-bond donors (Lipinski definition) is 2. The van der Waals surface area contributed by atoms with E-state index in [4.69, 9.17) is 0 Å². The normalized spacial score (nSPS) is 11.1. The van der Waals surface area contributed by atoms with Crippen LogP contribution in [0.4, 0.5) is 5.69 Å². The minimum atomic E-state index is -0.380. The van der Waals surface area contributed by atoms with Crippen LogP contribution in [-0.2, 0) is 13.0 Å². The number of fused-ring (bicyclic) bond motifs is 1. The van der Waals surface area contributed by atoms with E-state index in [1.807, 2.05) is 40.9 Å². The molecule has 10 heteroatoms. The lowest BCUT2D eigenvalue weighted by Gasteiger charge is -2.11. The van der Waals surface area contributed by atoms with Crippen molar-refractivity contribution in [1.29, 1.82) is 0 Å². The molecular weight excluding hydrogens is 485 g/mol. The molecule has 2 aromatic heterocycles. The zero-order valence-electron chi connectivity index (χ0n) is 16.1. The third-order valence-corrected chi connectivity index (χ3v) is 4.35. The minimum Gasteiger partial charge on any atom is -0.356 e. The Kier molecular flexibility index (Phi) is 8.77. The number of nitrogens with one attached hydrogen (secondary N) is 2. The van der Waals surface area contributed by atoms with Crippen LogP contribution in [-0.4, -0.2) is 39.1 Å². The number of pyridine rings is 1. The fourth-order valence-electron chi connectivity index (χ4n) is 2.84. The van der Waals surface area contributed by atoms with Gasteiger partial charge in [-0.2, -0.15) is 0 Å². The molecule has 0 atom stereocenters. The van der Waals surface area contributed by atoms with Gasteiger partial charge in [0.15, 0.2) is 17.4 Å². The van der Waals surface area contributed by atoms with Crippen molar-refractivity contribution in [1.82, 2.24) is 25.2 Å². The summed E-state index contributed by atoms with van der Waals surface area (Å²) in [5.41, 5.74) is 2.04. The van der Waals surface area contributed by atoms with E-state index in [0.29, 0.717) is 12.5 Å². The van der Waals surface area contributed by atoms with Gasteiger partial charge in [0.05, 0.1) is 11.5 Å². The highest BCUT2D eigenvalue weighted by molar-refractivity contribution is 14.0. The van der Waals surface area contributed by atoms with Gasteiger partial charge in [-0.15, -0.1) is 34.2 Å². The number of nitro benzene ring substituents is 1. The predicted octanol–water partition coefficient (Wildman–Crippen LogP) is 2.94. The first-order valence-corrected chi connectivity index (χ1v) is 9.14. The number of non-ortho nitro benzene ring substituents is 1. The number of hydrogen-bond acceptors (Lipinski definition) is 5. The van der Waals surface area contributed by atoms with Gasteiger partial charge in [0.25, 0.3) is 5.69 Å². The second kappa shape index (κ2) is 11.3. The van der Waals surface area contributed by atoms with Crippen LogP contribution in [0, 0.1) is 10.1 Å². The quantitative estimate of drug-likeness (QED) is 0.121. The molecule has 0 aliphatic rings. The lowest BCUT2D eigenvalue weighted by molar-refractivity contribution is -0.384. The molecule has 9 nitrogen and oxygen atoms in total. The van der Waals surface area contributed by atoms with Crippen molar-refractivity contribution in [3.8, 4) is 0 Å². The van der Waals surface area contributed by atoms with E-state index in [0.717, 1.165) is 42.8 Å². The summed E-state index contributed by atoms with van der Waals surface area (Å²) < 4.78 is 1.93. The van der Waals surface area contributed by atoms with E-state index in [1.165, 1.54) is 0 Å². The van der Waals surface area contributed by atoms with Crippen LogP contribution in [0.5, 0.6) is 0 Å². The fourth-order valence-corrected chi connectivity index (χ4v) is 2.84. The van der Waals surface area contributed by atoms with Crippen molar-refractivity contribution in [2.75, 3.05) is 13.6 Å². The van der Waals surface area contributed by atoms with Gasteiger partial charge in [-0.3, -0.25) is 19.5 Å². The lowest BCUT2D eigenvalue weighted by atomic mass is 10.1. The highest BCUT2D eigenvalue weighted by atomic mass is 127. The van der Waals surface area contributed by atoms with Crippen molar-refractivity contribution in [3.05, 3.63) is 70.2 Å². The summed E-state index contributed by atoms with van der Waals surface area (Å²) in [4.78, 5) is 14.5. The first-order chi connectivity index (χ1) is 13.7. The number of nitrogens with zero attached hydrogens (tertiary/aromatic N) is 5. The molecule has 0 unspecified atom stereocenters. The monoisotopic (exact) mass is 509 g/mol. The van der Waals surface area contributed by atoms with Crippen LogP contribution >= 0.6 is 24.0 Å². The Morgan fingerprint density at radius 1 is 1.14 bits per heavy atom. The second-order valence-electron chi connectivity index (χ2n) is 6.28. The van der Waals surface area contributed by atoms with Crippen molar-refractivity contribution < 1.29 is 4.92 Å². The average molecular weight is 509 g/mol. The molecule has 0 amide bonds. The van der Waals surface area contributed by atoms with Gasteiger partial charge in [-0.25, -0.2) is 0 Å². The van der Waals surface area contributed by atoms with Crippen LogP contribution in [0.3, 0.4) is 0 Å². The van der Waals surface area contributed by atoms with Gasteiger partial charge in [-0.1, -0.05) is 18.2 Å². The first-order valence-electron chi connectivity index (χ1n) is 9.14. The molecule has 0 radical (unpaired) electrons. The van der Waals surface area contributed by atoms with Gasteiger partial charge >= 0.3 is 0 Å². The number of aliphatic imine (C=N–C) groups is 1. The second-order valence-corrected chi connectivity index (χ2v) is 6.28. The zero-order chi connectivity index (χ0) is 19.8. The van der Waals surface area contributed by atoms with Crippen LogP contribution < -0.4 is 10.6 Å².